The fraction of sp³-hybridized carbons (Fsp3) is 0. The first kappa shape index (κ1) is 44.3. The second kappa shape index (κ2) is 16.8. The average Bonchev–Trinajstić information content (AvgIpc) is 4.01. The molecule has 0 amide bonds. The van der Waals surface area contributed by atoms with Crippen LogP contribution in [0, 0.1) is 0 Å². The maximum absolute atomic E-state index is 15.6. The molecule has 0 saturated carbocycles. The number of benzene rings is 13. The highest BCUT2D eigenvalue weighted by molar-refractivity contribution is 6.28. The van der Waals surface area contributed by atoms with E-state index in [2.05, 4.69) is 246 Å². The van der Waals surface area contributed by atoms with Crippen LogP contribution in [0.15, 0.2) is 277 Å². The molecular formula is C74H44N4O2. The summed E-state index contributed by atoms with van der Waals surface area (Å²) in [5, 5.41) is 16.0. The first-order valence-corrected chi connectivity index (χ1v) is 27.2. The number of fused-ring (bicyclic) bond motifs is 17. The van der Waals surface area contributed by atoms with Crippen molar-refractivity contribution in [3.8, 4) is 33.9 Å². The van der Waals surface area contributed by atoms with E-state index in [4.69, 9.17) is 0 Å². The maximum atomic E-state index is 15.6. The fourth-order valence-electron chi connectivity index (χ4n) is 13.4. The summed E-state index contributed by atoms with van der Waals surface area (Å²) in [5.41, 5.74) is 11.5. The Morgan fingerprint density at radius 3 is 1.56 bits per heavy atom. The molecule has 0 fully saturated rings. The molecule has 4 heterocycles. The highest BCUT2D eigenvalue weighted by Gasteiger charge is 2.23. The van der Waals surface area contributed by atoms with Crippen molar-refractivity contribution in [2.75, 3.05) is 0 Å². The van der Waals surface area contributed by atoms with E-state index in [1.165, 1.54) is 0 Å². The molecule has 0 unspecified atom stereocenters. The summed E-state index contributed by atoms with van der Waals surface area (Å²) in [6.45, 7) is 0. The van der Waals surface area contributed by atoms with Crippen molar-refractivity contribution in [3.05, 3.63) is 288 Å². The average molecular weight is 1020 g/mol. The van der Waals surface area contributed by atoms with Gasteiger partial charge in [0.15, 0.2) is 0 Å². The molecule has 0 aliphatic rings. The molecule has 6 heteroatoms. The van der Waals surface area contributed by atoms with Crippen molar-refractivity contribution in [1.29, 1.82) is 0 Å². The van der Waals surface area contributed by atoms with Gasteiger partial charge in [-0.1, -0.05) is 170 Å². The monoisotopic (exact) mass is 1020 g/mol. The van der Waals surface area contributed by atoms with Gasteiger partial charge in [-0.25, -0.2) is 0 Å². The van der Waals surface area contributed by atoms with Gasteiger partial charge in [-0.15, -0.1) is 0 Å². The Morgan fingerprint density at radius 1 is 0.225 bits per heavy atom. The molecule has 17 rings (SSSR count). The Morgan fingerprint density at radius 2 is 0.762 bits per heavy atom. The lowest BCUT2D eigenvalue weighted by Crippen LogP contribution is -2.19. The van der Waals surface area contributed by atoms with Crippen LogP contribution in [-0.4, -0.2) is 18.3 Å². The minimum atomic E-state index is -0.0768. The van der Waals surface area contributed by atoms with E-state index in [1.54, 1.807) is 0 Å². The van der Waals surface area contributed by atoms with E-state index in [1.807, 2.05) is 39.5 Å². The summed E-state index contributed by atoms with van der Waals surface area (Å²) < 4.78 is 8.47. The zero-order chi connectivity index (χ0) is 52.7. The fourth-order valence-corrected chi connectivity index (χ4v) is 13.4. The molecule has 6 nitrogen and oxygen atoms in total. The molecular weight excluding hydrogens is 977 g/mol. The predicted molar refractivity (Wildman–Crippen MR) is 334 cm³/mol. The summed E-state index contributed by atoms with van der Waals surface area (Å²) in [7, 11) is 0. The largest absolute Gasteiger partial charge is 0.309 e. The van der Waals surface area contributed by atoms with Crippen LogP contribution < -0.4 is 11.1 Å². The van der Waals surface area contributed by atoms with Crippen LogP contribution in [0.3, 0.4) is 0 Å². The lowest BCUT2D eigenvalue weighted by atomic mass is 9.92. The molecule has 0 spiro atoms. The molecule has 0 saturated heterocycles. The van der Waals surface area contributed by atoms with Crippen LogP contribution in [0.1, 0.15) is 0 Å². The number of pyridine rings is 2. The van der Waals surface area contributed by atoms with E-state index in [-0.39, 0.29) is 11.1 Å². The van der Waals surface area contributed by atoms with E-state index in [9.17, 15) is 0 Å². The third-order valence-electron chi connectivity index (χ3n) is 16.9. The number of rotatable bonds is 5. The zero-order valence-corrected chi connectivity index (χ0v) is 43.0. The van der Waals surface area contributed by atoms with Crippen LogP contribution in [0.4, 0.5) is 0 Å². The lowest BCUT2D eigenvalue weighted by Gasteiger charge is -2.18. The van der Waals surface area contributed by atoms with Gasteiger partial charge in [0.25, 0.3) is 11.1 Å². The van der Waals surface area contributed by atoms with Crippen LogP contribution in [0.5, 0.6) is 0 Å². The Kier molecular flexibility index (Phi) is 9.33. The molecule has 4 aromatic heterocycles. The quantitative estimate of drug-likeness (QED) is 0.161. The number of hydrogen-bond acceptors (Lipinski definition) is 2. The predicted octanol–water partition coefficient (Wildman–Crippen LogP) is 17.9. The van der Waals surface area contributed by atoms with Crippen molar-refractivity contribution in [2.45, 2.75) is 0 Å². The van der Waals surface area contributed by atoms with Gasteiger partial charge >= 0.3 is 0 Å². The molecule has 13 aromatic carbocycles. The third kappa shape index (κ3) is 6.30. The van der Waals surface area contributed by atoms with Gasteiger partial charge < -0.3 is 9.13 Å². The molecule has 0 aliphatic heterocycles. The summed E-state index contributed by atoms with van der Waals surface area (Å²) in [6, 6.07) is 93.3. The summed E-state index contributed by atoms with van der Waals surface area (Å²) in [6.07, 6.45) is 0. The SMILES string of the molecule is O=c1c2cc3c(cc2c2ccccc2n1-c1ccc2c(c1)c1cccc(-c4ccc5ccc6c(c5c4)c4c(ccc5ccccc54)c(=O)n6-c4ccc5ccccc5c4)c1n2-c1ccccc1)c1ccccc1n3-c1ccccc1. The Balaban J connectivity index is 0.924. The minimum absolute atomic E-state index is 0.0521. The summed E-state index contributed by atoms with van der Waals surface area (Å²) >= 11 is 0. The summed E-state index contributed by atoms with van der Waals surface area (Å²) in [5.74, 6) is 0. The number of nitrogens with zero attached hydrogens (tertiary/aromatic N) is 4. The van der Waals surface area contributed by atoms with Crippen molar-refractivity contribution in [1.82, 2.24) is 18.3 Å². The zero-order valence-electron chi connectivity index (χ0n) is 43.0. The molecule has 80 heavy (non-hydrogen) atoms. The van der Waals surface area contributed by atoms with Crippen LogP contribution in [0.25, 0.3) is 153 Å². The van der Waals surface area contributed by atoms with E-state index >= 15 is 9.59 Å². The normalized spacial score (nSPS) is 12.1. The summed E-state index contributed by atoms with van der Waals surface area (Å²) in [4.78, 5) is 30.7. The second-order valence-corrected chi connectivity index (χ2v) is 21.1. The maximum Gasteiger partial charge on any atom is 0.263 e. The molecule has 372 valence electrons. The van der Waals surface area contributed by atoms with E-state index in [0.717, 1.165) is 142 Å². The molecule has 0 atom stereocenters. The molecule has 17 aromatic rings. The van der Waals surface area contributed by atoms with Crippen molar-refractivity contribution < 1.29 is 0 Å². The van der Waals surface area contributed by atoms with Crippen molar-refractivity contribution >= 4 is 119 Å². The van der Waals surface area contributed by atoms with Gasteiger partial charge in [-0.2, -0.15) is 0 Å². The second-order valence-electron chi connectivity index (χ2n) is 21.1. The Hall–Kier alpha value is -10.8. The molecule has 0 N–H and O–H groups in total. The third-order valence-corrected chi connectivity index (χ3v) is 16.9. The van der Waals surface area contributed by atoms with Gasteiger partial charge in [0.05, 0.1) is 44.2 Å². The smallest absolute Gasteiger partial charge is 0.263 e. The first-order valence-electron chi connectivity index (χ1n) is 27.2. The Labute approximate surface area is 456 Å². The van der Waals surface area contributed by atoms with Crippen LogP contribution >= 0.6 is 0 Å². The molecule has 0 bridgehead atoms. The van der Waals surface area contributed by atoms with Crippen LogP contribution in [0.2, 0.25) is 0 Å². The van der Waals surface area contributed by atoms with Crippen LogP contribution in [-0.2, 0) is 0 Å². The van der Waals surface area contributed by atoms with Gasteiger partial charge in [-0.3, -0.25) is 18.7 Å². The molecule has 0 radical (unpaired) electrons. The standard InChI is InChI=1S/C74H44N4O2/c79-73-59-37-33-46-17-9-10-23-54(46)70(59)71-60-41-49(31-30-47(60)34-38-68(71)78(73)52-35-32-45-16-7-8-18-48(45)40-52)55-26-15-27-58-62-42-53(36-39-67(62)76(72(55)58)51-21-5-2-6-22-51)77-66-29-14-11-24-56(66)61-43-63-57-25-12-13-28-65(57)75(50-19-3-1-4-20-50)69(63)44-64(61)74(77)80/h1-44H. The van der Waals surface area contributed by atoms with Gasteiger partial charge in [0.1, 0.15) is 0 Å². The topological polar surface area (TPSA) is 53.9 Å². The highest BCUT2D eigenvalue weighted by Crippen LogP contribution is 2.43. The number of hydrogen-bond donors (Lipinski definition) is 0. The van der Waals surface area contributed by atoms with E-state index in [0.29, 0.717) is 10.8 Å². The van der Waals surface area contributed by atoms with Gasteiger partial charge in [0, 0.05) is 65.7 Å². The first-order chi connectivity index (χ1) is 39.5. The number of aromatic nitrogens is 4. The van der Waals surface area contributed by atoms with Crippen molar-refractivity contribution in [3.63, 3.8) is 0 Å². The highest BCUT2D eigenvalue weighted by atomic mass is 16.1. The Bertz CT molecular complexity index is 5650. The van der Waals surface area contributed by atoms with Gasteiger partial charge in [0.2, 0.25) is 0 Å². The minimum Gasteiger partial charge on any atom is -0.309 e. The number of para-hydroxylation sites is 5. The lowest BCUT2D eigenvalue weighted by molar-refractivity contribution is 1.06. The molecule has 0 aliphatic carbocycles. The van der Waals surface area contributed by atoms with Gasteiger partial charge in [-0.05, 0) is 140 Å². The van der Waals surface area contributed by atoms with Crippen molar-refractivity contribution in [2.24, 2.45) is 0 Å². The van der Waals surface area contributed by atoms with E-state index < -0.39 is 0 Å².